The molecule has 11 heteroatoms. The third-order valence-corrected chi connectivity index (χ3v) is 9.54. The molecule has 1 saturated heterocycles. The lowest BCUT2D eigenvalue weighted by atomic mass is 10.1. The van der Waals surface area contributed by atoms with Crippen LogP contribution in [0.4, 0.5) is 16.2 Å². The molecule has 0 unspecified atom stereocenters. The van der Waals surface area contributed by atoms with Crippen molar-refractivity contribution in [3.8, 4) is 5.75 Å². The minimum absolute atomic E-state index is 0.143. The lowest BCUT2D eigenvalue weighted by Gasteiger charge is -2.36. The minimum atomic E-state index is -3.91. The van der Waals surface area contributed by atoms with Gasteiger partial charge in [-0.3, -0.25) is 9.80 Å². The van der Waals surface area contributed by atoms with Gasteiger partial charge in [0.2, 0.25) is 0 Å². The molecular weight excluding hydrogens is 540 g/mol. The number of nitrogens with two attached hydrogens (primary N) is 1. The van der Waals surface area contributed by atoms with Crippen LogP contribution < -0.4 is 20.3 Å². The number of nitrogens with zero attached hydrogens (tertiary/aromatic N) is 5. The average Bonchev–Trinajstić information content (AvgIpc) is 3.63. The molecule has 4 heterocycles. The van der Waals surface area contributed by atoms with Gasteiger partial charge in [-0.15, -0.1) is 0 Å². The Bertz CT molecular complexity index is 1650. The molecule has 2 aliphatic rings. The summed E-state index contributed by atoms with van der Waals surface area (Å²) in [5.41, 5.74) is 8.98. The molecule has 0 atom stereocenters. The fraction of sp³-hybridized carbons (Fsp3) is 0.333. The molecule has 214 valence electrons. The summed E-state index contributed by atoms with van der Waals surface area (Å²) >= 11 is 0. The van der Waals surface area contributed by atoms with Gasteiger partial charge in [0.15, 0.2) is 5.65 Å². The van der Waals surface area contributed by atoms with Crippen LogP contribution in [0, 0.1) is 0 Å². The molecule has 0 bridgehead atoms. The molecule has 1 fully saturated rings. The number of para-hydroxylation sites is 1. The number of carbonyl (C=O) groups excluding carboxylic acids is 1. The quantitative estimate of drug-likeness (QED) is 0.303. The van der Waals surface area contributed by atoms with E-state index in [1.54, 1.807) is 30.3 Å². The number of carbonyl (C=O) groups is 1. The van der Waals surface area contributed by atoms with E-state index in [1.807, 2.05) is 0 Å². The largest absolute Gasteiger partial charge is 0.491 e. The van der Waals surface area contributed by atoms with Crippen LogP contribution in [-0.4, -0.2) is 74.2 Å². The zero-order valence-corrected chi connectivity index (χ0v) is 23.7. The smallest absolute Gasteiger partial charge is 0.319 e. The third-order valence-electron chi connectivity index (χ3n) is 7.88. The molecule has 2 aromatic heterocycles. The van der Waals surface area contributed by atoms with Crippen LogP contribution >= 0.6 is 0 Å². The highest BCUT2D eigenvalue weighted by molar-refractivity contribution is 7.90. The van der Waals surface area contributed by atoms with Crippen LogP contribution in [0.5, 0.6) is 5.75 Å². The number of urea groups is 1. The van der Waals surface area contributed by atoms with Crippen molar-refractivity contribution in [2.45, 2.75) is 24.2 Å². The van der Waals surface area contributed by atoms with E-state index in [0.717, 1.165) is 68.3 Å². The second kappa shape index (κ2) is 11.4. The van der Waals surface area contributed by atoms with Crippen molar-refractivity contribution in [2.24, 2.45) is 5.73 Å². The van der Waals surface area contributed by atoms with E-state index in [2.05, 4.69) is 33.0 Å². The van der Waals surface area contributed by atoms with Crippen molar-refractivity contribution in [3.05, 3.63) is 78.6 Å². The summed E-state index contributed by atoms with van der Waals surface area (Å²) in [5.74, 6) is 1.04. The number of unbranched alkanes of at least 4 members (excludes halogenated alkanes) is 1. The molecule has 2 aromatic carbocycles. The molecule has 0 aliphatic carbocycles. The van der Waals surface area contributed by atoms with Crippen LogP contribution in [0.3, 0.4) is 0 Å². The van der Waals surface area contributed by atoms with Gasteiger partial charge in [0.25, 0.3) is 10.0 Å². The number of amides is 2. The van der Waals surface area contributed by atoms with Crippen LogP contribution in [0.1, 0.15) is 18.4 Å². The Morgan fingerprint density at radius 2 is 1.78 bits per heavy atom. The van der Waals surface area contributed by atoms with E-state index in [1.165, 1.54) is 40.7 Å². The molecule has 0 radical (unpaired) electrons. The minimum Gasteiger partial charge on any atom is -0.491 e. The van der Waals surface area contributed by atoms with Crippen molar-refractivity contribution < 1.29 is 17.9 Å². The summed E-state index contributed by atoms with van der Waals surface area (Å²) in [6.07, 6.45) is 5.57. The van der Waals surface area contributed by atoms with Crippen LogP contribution in [0.25, 0.3) is 11.0 Å². The number of ether oxygens (including phenoxy) is 1. The summed E-state index contributed by atoms with van der Waals surface area (Å²) in [5, 5.41) is 0.554. The van der Waals surface area contributed by atoms with Gasteiger partial charge in [0.1, 0.15) is 5.75 Å². The Kier molecular flexibility index (Phi) is 7.55. The van der Waals surface area contributed by atoms with Gasteiger partial charge < -0.3 is 15.4 Å². The average molecular weight is 575 g/mol. The van der Waals surface area contributed by atoms with Crippen LogP contribution in [0.15, 0.2) is 78.0 Å². The van der Waals surface area contributed by atoms with E-state index >= 15 is 0 Å². The normalized spacial score (nSPS) is 15.6. The highest BCUT2D eigenvalue weighted by Gasteiger charge is 2.26. The van der Waals surface area contributed by atoms with E-state index in [4.69, 9.17) is 10.5 Å². The number of hydrogen-bond donors (Lipinski definition) is 1. The standard InChI is InChI=1S/C30H34N6O4S/c31-30(37)35(27-22-36(29-25(27)11-7-14-32-29)41(38,39)24-9-2-1-3-10-24)16-5-4-15-33-17-19-34(20-18-33)26-12-6-8-23-13-21-40-28(23)26/h1-3,6-12,14,22H,4-5,13,15-21H2,(H2,31,37). The predicted octanol–water partition coefficient (Wildman–Crippen LogP) is 3.70. The first-order valence-corrected chi connectivity index (χ1v) is 15.4. The Labute approximate surface area is 240 Å². The highest BCUT2D eigenvalue weighted by Crippen LogP contribution is 2.36. The van der Waals surface area contributed by atoms with Crippen molar-refractivity contribution in [1.29, 1.82) is 0 Å². The van der Waals surface area contributed by atoms with Gasteiger partial charge in [-0.2, -0.15) is 0 Å². The van der Waals surface area contributed by atoms with Crippen molar-refractivity contribution in [3.63, 3.8) is 0 Å². The second-order valence-corrected chi connectivity index (χ2v) is 12.2. The van der Waals surface area contributed by atoms with Gasteiger partial charge in [-0.1, -0.05) is 30.3 Å². The summed E-state index contributed by atoms with van der Waals surface area (Å²) in [6.45, 7) is 5.84. The van der Waals surface area contributed by atoms with Gasteiger partial charge >= 0.3 is 6.03 Å². The maximum Gasteiger partial charge on any atom is 0.319 e. The topological polar surface area (TPSA) is 114 Å². The Morgan fingerprint density at radius 1 is 0.976 bits per heavy atom. The maximum absolute atomic E-state index is 13.4. The summed E-state index contributed by atoms with van der Waals surface area (Å²) in [6, 6.07) is 17.4. The first-order valence-electron chi connectivity index (χ1n) is 14.0. The number of aromatic nitrogens is 2. The monoisotopic (exact) mass is 574 g/mol. The lowest BCUT2D eigenvalue weighted by Crippen LogP contribution is -2.46. The number of pyridine rings is 1. The molecule has 10 nitrogen and oxygen atoms in total. The van der Waals surface area contributed by atoms with Gasteiger partial charge in [-0.05, 0) is 55.3 Å². The summed E-state index contributed by atoms with van der Waals surface area (Å²) < 4.78 is 33.9. The fourth-order valence-electron chi connectivity index (χ4n) is 5.73. The molecule has 2 N–H and O–H groups in total. The van der Waals surface area contributed by atoms with Crippen molar-refractivity contribution >= 4 is 38.5 Å². The molecule has 41 heavy (non-hydrogen) atoms. The van der Waals surface area contributed by atoms with Crippen LogP contribution in [-0.2, 0) is 16.4 Å². The fourth-order valence-corrected chi connectivity index (χ4v) is 7.07. The van der Waals surface area contributed by atoms with E-state index < -0.39 is 16.1 Å². The third kappa shape index (κ3) is 5.34. The molecule has 0 spiro atoms. The number of rotatable bonds is 9. The molecule has 2 aliphatic heterocycles. The zero-order valence-electron chi connectivity index (χ0n) is 22.9. The first-order chi connectivity index (χ1) is 19.9. The Morgan fingerprint density at radius 3 is 2.56 bits per heavy atom. The molecule has 4 aromatic rings. The SMILES string of the molecule is NC(=O)N(CCCCN1CCN(c2cccc3c2OCC3)CC1)c1cn(S(=O)(=O)c2ccccc2)c2ncccc12. The van der Waals surface area contributed by atoms with Gasteiger partial charge in [0.05, 0.1) is 22.9 Å². The second-order valence-electron chi connectivity index (χ2n) is 10.4. The number of benzene rings is 2. The van der Waals surface area contributed by atoms with E-state index in [0.29, 0.717) is 17.6 Å². The van der Waals surface area contributed by atoms with E-state index in [-0.39, 0.29) is 10.5 Å². The van der Waals surface area contributed by atoms with Gasteiger partial charge in [-0.25, -0.2) is 22.2 Å². The number of piperazine rings is 1. The van der Waals surface area contributed by atoms with E-state index in [9.17, 15) is 13.2 Å². The number of primary amides is 1. The Hall–Kier alpha value is -4.09. The van der Waals surface area contributed by atoms with Crippen molar-refractivity contribution in [1.82, 2.24) is 13.9 Å². The summed E-state index contributed by atoms with van der Waals surface area (Å²) in [7, 11) is -3.91. The lowest BCUT2D eigenvalue weighted by molar-refractivity contribution is 0.248. The predicted molar refractivity (Wildman–Crippen MR) is 159 cm³/mol. The van der Waals surface area contributed by atoms with Crippen LogP contribution in [0.2, 0.25) is 0 Å². The first kappa shape index (κ1) is 27.1. The summed E-state index contributed by atoms with van der Waals surface area (Å²) in [4.78, 5) is 23.3. The maximum atomic E-state index is 13.4. The van der Waals surface area contributed by atoms with Gasteiger partial charge in [0, 0.05) is 56.9 Å². The Balaban J connectivity index is 1.10. The molecule has 2 amide bonds. The molecule has 6 rings (SSSR count). The molecular formula is C30H34N6O4S. The number of hydrogen-bond acceptors (Lipinski definition) is 7. The number of fused-ring (bicyclic) bond motifs is 2. The van der Waals surface area contributed by atoms with Crippen molar-refractivity contribution in [2.75, 3.05) is 55.7 Å². The highest BCUT2D eigenvalue weighted by atomic mass is 32.2. The molecule has 0 saturated carbocycles. The zero-order chi connectivity index (χ0) is 28.4. The number of anilines is 2.